The Morgan fingerprint density at radius 2 is 2.04 bits per heavy atom. The van der Waals surface area contributed by atoms with Crippen LogP contribution in [0.3, 0.4) is 0 Å². The number of hydrogen-bond acceptors (Lipinski definition) is 5. The van der Waals surface area contributed by atoms with Gasteiger partial charge in [0.2, 0.25) is 11.1 Å². The highest BCUT2D eigenvalue weighted by atomic mass is 32.2. The van der Waals surface area contributed by atoms with Crippen molar-refractivity contribution in [3.63, 3.8) is 0 Å². The molecule has 1 N–H and O–H groups in total. The molecule has 0 spiro atoms. The molecular formula is C20H22N4OS. The van der Waals surface area contributed by atoms with Gasteiger partial charge in [-0.1, -0.05) is 68.1 Å². The van der Waals surface area contributed by atoms with Gasteiger partial charge in [-0.3, -0.25) is 4.79 Å². The molecule has 26 heavy (non-hydrogen) atoms. The summed E-state index contributed by atoms with van der Waals surface area (Å²) in [5, 5.41) is 8.67. The molecule has 0 fully saturated rings. The van der Waals surface area contributed by atoms with Crippen LogP contribution in [-0.4, -0.2) is 26.8 Å². The van der Waals surface area contributed by atoms with Gasteiger partial charge in [-0.05, 0) is 23.7 Å². The lowest BCUT2D eigenvalue weighted by atomic mass is 9.74. The van der Waals surface area contributed by atoms with Crippen LogP contribution in [0.4, 0.5) is 5.95 Å². The van der Waals surface area contributed by atoms with E-state index in [-0.39, 0.29) is 17.2 Å². The van der Waals surface area contributed by atoms with Crippen molar-refractivity contribution in [2.24, 2.45) is 5.41 Å². The van der Waals surface area contributed by atoms with Crippen LogP contribution in [0.25, 0.3) is 6.08 Å². The smallest absolute Gasteiger partial charge is 0.227 e. The van der Waals surface area contributed by atoms with Gasteiger partial charge in [-0.15, -0.1) is 5.10 Å². The van der Waals surface area contributed by atoms with Crippen molar-refractivity contribution in [1.82, 2.24) is 14.8 Å². The highest BCUT2D eigenvalue weighted by Crippen LogP contribution is 2.44. The summed E-state index contributed by atoms with van der Waals surface area (Å²) >= 11 is 1.50. The number of carbonyl (C=O) groups excluding carboxylic acids is 1. The van der Waals surface area contributed by atoms with Crippen LogP contribution >= 0.6 is 11.8 Å². The normalized spacial score (nSPS) is 21.5. The predicted octanol–water partition coefficient (Wildman–Crippen LogP) is 4.32. The third-order valence-corrected chi connectivity index (χ3v) is 5.34. The molecule has 0 saturated carbocycles. The number of rotatable bonds is 3. The Kier molecular flexibility index (Phi) is 4.23. The highest BCUT2D eigenvalue weighted by molar-refractivity contribution is 7.98. The minimum absolute atomic E-state index is 0.0405. The summed E-state index contributed by atoms with van der Waals surface area (Å²) in [6, 6.07) is 9.89. The van der Waals surface area contributed by atoms with Crippen molar-refractivity contribution in [2.75, 3.05) is 11.6 Å². The van der Waals surface area contributed by atoms with Gasteiger partial charge in [0.1, 0.15) is 6.04 Å². The average Bonchev–Trinajstić information content (AvgIpc) is 3.01. The Morgan fingerprint density at radius 1 is 1.27 bits per heavy atom. The minimum Gasteiger partial charge on any atom is -0.328 e. The molecule has 1 unspecified atom stereocenters. The number of ketones is 1. The summed E-state index contributed by atoms with van der Waals surface area (Å²) in [6.07, 6.45) is 7.47. The number of nitrogens with one attached hydrogen (secondary N) is 1. The van der Waals surface area contributed by atoms with Crippen molar-refractivity contribution in [3.05, 3.63) is 53.2 Å². The molecule has 1 atom stereocenters. The van der Waals surface area contributed by atoms with E-state index in [2.05, 4.69) is 41.4 Å². The van der Waals surface area contributed by atoms with E-state index in [1.165, 1.54) is 11.8 Å². The first kappa shape index (κ1) is 17.1. The monoisotopic (exact) mass is 366 g/mol. The van der Waals surface area contributed by atoms with E-state index in [9.17, 15) is 4.79 Å². The summed E-state index contributed by atoms with van der Waals surface area (Å²) in [5.74, 6) is 0.902. The number of anilines is 1. The van der Waals surface area contributed by atoms with E-state index in [1.807, 2.05) is 41.3 Å². The van der Waals surface area contributed by atoms with Gasteiger partial charge in [-0.25, -0.2) is 4.68 Å². The van der Waals surface area contributed by atoms with E-state index in [0.29, 0.717) is 17.5 Å². The first-order valence-electron chi connectivity index (χ1n) is 8.74. The first-order valence-corrected chi connectivity index (χ1v) is 9.96. The van der Waals surface area contributed by atoms with Crippen molar-refractivity contribution in [2.45, 2.75) is 37.9 Å². The van der Waals surface area contributed by atoms with Crippen LogP contribution < -0.4 is 5.32 Å². The SMILES string of the molecule is CSc1nc2n(n1)C(/C=C/c1ccccc1)C1=C(CC(C)(C)CC1=O)N2. The van der Waals surface area contributed by atoms with Gasteiger partial charge < -0.3 is 5.32 Å². The second kappa shape index (κ2) is 6.43. The Labute approximate surface area is 157 Å². The fourth-order valence-electron chi connectivity index (χ4n) is 3.66. The van der Waals surface area contributed by atoms with Gasteiger partial charge >= 0.3 is 0 Å². The van der Waals surface area contributed by atoms with E-state index in [4.69, 9.17) is 0 Å². The maximum atomic E-state index is 13.0. The van der Waals surface area contributed by atoms with Crippen LogP contribution in [0, 0.1) is 5.41 Å². The van der Waals surface area contributed by atoms with Crippen molar-refractivity contribution < 1.29 is 4.79 Å². The lowest BCUT2D eigenvalue weighted by Gasteiger charge is -2.37. The Morgan fingerprint density at radius 3 is 2.77 bits per heavy atom. The number of carbonyl (C=O) groups is 1. The number of hydrogen-bond donors (Lipinski definition) is 1. The molecule has 5 nitrogen and oxygen atoms in total. The summed E-state index contributed by atoms with van der Waals surface area (Å²) in [6.45, 7) is 4.27. The van der Waals surface area contributed by atoms with Crippen LogP contribution in [0.2, 0.25) is 0 Å². The zero-order valence-corrected chi connectivity index (χ0v) is 16.0. The molecule has 0 bridgehead atoms. The Balaban J connectivity index is 1.79. The molecule has 1 aromatic carbocycles. The van der Waals surface area contributed by atoms with Crippen LogP contribution in [0.1, 0.15) is 38.3 Å². The third-order valence-electron chi connectivity index (χ3n) is 4.81. The average molecular weight is 366 g/mol. The summed E-state index contributed by atoms with van der Waals surface area (Å²) in [4.78, 5) is 17.5. The quantitative estimate of drug-likeness (QED) is 0.820. The fourth-order valence-corrected chi connectivity index (χ4v) is 4.01. The van der Waals surface area contributed by atoms with Crippen LogP contribution in [0.15, 0.2) is 52.8 Å². The molecule has 6 heteroatoms. The summed E-state index contributed by atoms with van der Waals surface area (Å²) in [7, 11) is 0. The minimum atomic E-state index is -0.224. The first-order chi connectivity index (χ1) is 12.5. The molecule has 1 aromatic heterocycles. The number of nitrogens with zero attached hydrogens (tertiary/aromatic N) is 3. The van der Waals surface area contributed by atoms with Crippen molar-refractivity contribution >= 4 is 29.6 Å². The second-order valence-corrected chi connectivity index (χ2v) is 8.31. The van der Waals surface area contributed by atoms with Gasteiger partial charge in [0.15, 0.2) is 5.78 Å². The standard InChI is InChI=1S/C20H22N4OS/c1-20(2)11-14-17(16(25)12-20)15(10-9-13-7-5-4-6-8-13)24-18(21-14)22-19(23-24)26-3/h4-10,15H,11-12H2,1-3H3,(H,21,22,23)/b10-9+. The van der Waals surface area contributed by atoms with Crippen LogP contribution in [-0.2, 0) is 4.79 Å². The molecule has 1 aliphatic carbocycles. The zero-order valence-electron chi connectivity index (χ0n) is 15.2. The number of fused-ring (bicyclic) bond motifs is 1. The molecule has 2 heterocycles. The van der Waals surface area contributed by atoms with E-state index >= 15 is 0 Å². The number of Topliss-reactive ketones (excluding diaryl/α,β-unsaturated/α-hetero) is 1. The number of aromatic nitrogens is 3. The van der Waals surface area contributed by atoms with E-state index < -0.39 is 0 Å². The largest absolute Gasteiger partial charge is 0.328 e. The lowest BCUT2D eigenvalue weighted by Crippen LogP contribution is -2.35. The van der Waals surface area contributed by atoms with Crippen LogP contribution in [0.5, 0.6) is 0 Å². The maximum absolute atomic E-state index is 13.0. The van der Waals surface area contributed by atoms with E-state index in [0.717, 1.165) is 23.3 Å². The summed E-state index contributed by atoms with van der Waals surface area (Å²) < 4.78 is 1.83. The Hall–Kier alpha value is -2.34. The van der Waals surface area contributed by atoms with Gasteiger partial charge in [0.05, 0.1) is 0 Å². The number of allylic oxidation sites excluding steroid dienone is 3. The van der Waals surface area contributed by atoms with Gasteiger partial charge in [0.25, 0.3) is 0 Å². The van der Waals surface area contributed by atoms with Gasteiger partial charge in [0, 0.05) is 17.7 Å². The highest BCUT2D eigenvalue weighted by Gasteiger charge is 2.40. The topological polar surface area (TPSA) is 59.8 Å². The summed E-state index contributed by atoms with van der Waals surface area (Å²) in [5.41, 5.74) is 2.87. The Bertz CT molecular complexity index is 911. The molecule has 0 saturated heterocycles. The third kappa shape index (κ3) is 3.09. The molecule has 0 amide bonds. The van der Waals surface area contributed by atoms with E-state index in [1.54, 1.807) is 0 Å². The molecule has 2 aliphatic rings. The predicted molar refractivity (Wildman–Crippen MR) is 105 cm³/mol. The van der Waals surface area contributed by atoms with Crippen molar-refractivity contribution in [1.29, 1.82) is 0 Å². The molecule has 0 radical (unpaired) electrons. The molecule has 1 aliphatic heterocycles. The second-order valence-electron chi connectivity index (χ2n) is 7.54. The fraction of sp³-hybridized carbons (Fsp3) is 0.350. The molecule has 4 rings (SSSR count). The lowest BCUT2D eigenvalue weighted by molar-refractivity contribution is -0.118. The maximum Gasteiger partial charge on any atom is 0.227 e. The molecule has 2 aromatic rings. The number of thioether (sulfide) groups is 1. The van der Waals surface area contributed by atoms with Crippen molar-refractivity contribution in [3.8, 4) is 0 Å². The molecule has 134 valence electrons. The van der Waals surface area contributed by atoms with Gasteiger partial charge in [-0.2, -0.15) is 4.98 Å². The molecular weight excluding hydrogens is 344 g/mol. The number of benzene rings is 1. The zero-order chi connectivity index (χ0) is 18.3.